The van der Waals surface area contributed by atoms with Crippen molar-refractivity contribution in [3.05, 3.63) is 0 Å². The fraction of sp³-hybridized carbons (Fsp3) is 1.00. The summed E-state index contributed by atoms with van der Waals surface area (Å²) in [7, 11) is 4.09. The molecular formula is C15H32N2O. The fourth-order valence-corrected chi connectivity index (χ4v) is 3.13. The maximum absolute atomic E-state index is 5.40. The molecule has 1 aliphatic carbocycles. The van der Waals surface area contributed by atoms with Gasteiger partial charge in [0.1, 0.15) is 0 Å². The Balaban J connectivity index is 2.48. The molecule has 108 valence electrons. The monoisotopic (exact) mass is 256 g/mol. The van der Waals surface area contributed by atoms with E-state index in [1.165, 1.54) is 32.1 Å². The average Bonchev–Trinajstić information content (AvgIpc) is 2.38. The number of methoxy groups -OCH3 is 1. The van der Waals surface area contributed by atoms with Gasteiger partial charge in [-0.05, 0) is 38.8 Å². The van der Waals surface area contributed by atoms with Crippen LogP contribution in [0, 0.1) is 5.92 Å². The van der Waals surface area contributed by atoms with E-state index in [0.29, 0.717) is 6.04 Å². The average molecular weight is 256 g/mol. The lowest BCUT2D eigenvalue weighted by Crippen LogP contribution is -2.50. The van der Waals surface area contributed by atoms with Crippen LogP contribution < -0.4 is 5.32 Å². The molecule has 0 aromatic rings. The van der Waals surface area contributed by atoms with Gasteiger partial charge in [0.25, 0.3) is 0 Å². The maximum Gasteiger partial charge on any atom is 0.0630 e. The lowest BCUT2D eigenvalue weighted by atomic mass is 9.84. The molecular weight excluding hydrogens is 224 g/mol. The predicted molar refractivity (Wildman–Crippen MR) is 78.0 cm³/mol. The van der Waals surface area contributed by atoms with Gasteiger partial charge in [-0.1, -0.05) is 26.7 Å². The van der Waals surface area contributed by atoms with Gasteiger partial charge in [-0.3, -0.25) is 4.90 Å². The minimum absolute atomic E-state index is 0.507. The summed E-state index contributed by atoms with van der Waals surface area (Å²) in [6, 6.07) is 1.24. The Bertz CT molecular complexity index is 211. The summed E-state index contributed by atoms with van der Waals surface area (Å²) in [5.41, 5.74) is 0. The Morgan fingerprint density at radius 2 is 2.06 bits per heavy atom. The molecule has 1 aliphatic rings. The molecule has 0 aliphatic heterocycles. The standard InChI is InChI=1S/C15H32N2O/c1-5-10-16-11-14(12-18-4)17(3)15-9-7-6-8-13(15)2/h13-16H,5-12H2,1-4H3. The van der Waals surface area contributed by atoms with E-state index in [2.05, 4.69) is 31.1 Å². The Hall–Kier alpha value is -0.120. The summed E-state index contributed by atoms with van der Waals surface area (Å²) in [6.45, 7) is 7.60. The van der Waals surface area contributed by atoms with Crippen molar-refractivity contribution in [2.24, 2.45) is 5.92 Å². The highest BCUT2D eigenvalue weighted by atomic mass is 16.5. The number of nitrogens with one attached hydrogen (secondary N) is 1. The van der Waals surface area contributed by atoms with Gasteiger partial charge in [-0.15, -0.1) is 0 Å². The van der Waals surface area contributed by atoms with E-state index >= 15 is 0 Å². The van der Waals surface area contributed by atoms with Crippen LogP contribution in [0.15, 0.2) is 0 Å². The van der Waals surface area contributed by atoms with Crippen molar-refractivity contribution >= 4 is 0 Å². The molecule has 3 unspecified atom stereocenters. The Labute approximate surface area is 113 Å². The van der Waals surface area contributed by atoms with Crippen molar-refractivity contribution < 1.29 is 4.74 Å². The first-order chi connectivity index (χ1) is 8.70. The van der Waals surface area contributed by atoms with Crippen molar-refractivity contribution in [1.82, 2.24) is 10.2 Å². The lowest BCUT2D eigenvalue weighted by Gasteiger charge is -2.40. The quantitative estimate of drug-likeness (QED) is 0.675. The van der Waals surface area contributed by atoms with E-state index in [1.807, 2.05) is 7.11 Å². The van der Waals surface area contributed by atoms with Crippen molar-refractivity contribution in [2.75, 3.05) is 33.9 Å². The summed E-state index contributed by atoms with van der Waals surface area (Å²) in [4.78, 5) is 2.57. The van der Waals surface area contributed by atoms with Crippen LogP contribution in [0.2, 0.25) is 0 Å². The van der Waals surface area contributed by atoms with Gasteiger partial charge in [-0.25, -0.2) is 0 Å². The second-order valence-electron chi connectivity index (χ2n) is 5.81. The Kier molecular flexibility index (Phi) is 7.87. The molecule has 3 atom stereocenters. The minimum Gasteiger partial charge on any atom is -0.383 e. The normalized spacial score (nSPS) is 26.5. The van der Waals surface area contributed by atoms with Crippen LogP contribution in [0.25, 0.3) is 0 Å². The topological polar surface area (TPSA) is 24.5 Å². The number of rotatable bonds is 8. The largest absolute Gasteiger partial charge is 0.383 e. The van der Waals surface area contributed by atoms with E-state index < -0.39 is 0 Å². The molecule has 1 rings (SSSR count). The Morgan fingerprint density at radius 1 is 1.33 bits per heavy atom. The molecule has 1 N–H and O–H groups in total. The van der Waals surface area contributed by atoms with Crippen LogP contribution >= 0.6 is 0 Å². The van der Waals surface area contributed by atoms with Crippen LogP contribution in [0.5, 0.6) is 0 Å². The molecule has 0 radical (unpaired) electrons. The molecule has 0 aromatic carbocycles. The summed E-state index contributed by atoms with van der Waals surface area (Å²) in [5, 5.41) is 3.53. The van der Waals surface area contributed by atoms with Gasteiger partial charge in [0.15, 0.2) is 0 Å². The molecule has 18 heavy (non-hydrogen) atoms. The van der Waals surface area contributed by atoms with E-state index in [4.69, 9.17) is 4.74 Å². The van der Waals surface area contributed by atoms with Gasteiger partial charge in [-0.2, -0.15) is 0 Å². The fourth-order valence-electron chi connectivity index (χ4n) is 3.13. The van der Waals surface area contributed by atoms with Gasteiger partial charge in [0, 0.05) is 25.7 Å². The molecule has 3 heteroatoms. The smallest absolute Gasteiger partial charge is 0.0630 e. The number of nitrogens with zero attached hydrogens (tertiary/aromatic N) is 1. The first-order valence-corrected chi connectivity index (χ1v) is 7.62. The predicted octanol–water partition coefficient (Wildman–Crippen LogP) is 2.51. The van der Waals surface area contributed by atoms with E-state index in [1.54, 1.807) is 0 Å². The summed E-state index contributed by atoms with van der Waals surface area (Å²) in [6.07, 6.45) is 6.74. The molecule has 0 spiro atoms. The van der Waals surface area contributed by atoms with Crippen molar-refractivity contribution in [1.29, 1.82) is 0 Å². The number of likely N-dealkylation sites (N-methyl/N-ethyl adjacent to an activating group) is 1. The van der Waals surface area contributed by atoms with Crippen LogP contribution in [0.4, 0.5) is 0 Å². The highest BCUT2D eigenvalue weighted by Gasteiger charge is 2.28. The summed E-state index contributed by atoms with van der Waals surface area (Å²) in [5.74, 6) is 0.828. The second kappa shape index (κ2) is 8.89. The molecule has 0 aromatic heterocycles. The maximum atomic E-state index is 5.40. The van der Waals surface area contributed by atoms with E-state index in [9.17, 15) is 0 Å². The highest BCUT2D eigenvalue weighted by Crippen LogP contribution is 2.28. The molecule has 1 saturated carbocycles. The molecule has 0 saturated heterocycles. The van der Waals surface area contributed by atoms with Crippen molar-refractivity contribution in [2.45, 2.75) is 58.0 Å². The zero-order chi connectivity index (χ0) is 13.4. The highest BCUT2D eigenvalue weighted by molar-refractivity contribution is 4.84. The van der Waals surface area contributed by atoms with Gasteiger partial charge in [0.05, 0.1) is 6.61 Å². The van der Waals surface area contributed by atoms with Crippen molar-refractivity contribution in [3.8, 4) is 0 Å². The van der Waals surface area contributed by atoms with Crippen LogP contribution in [0.1, 0.15) is 46.0 Å². The zero-order valence-corrected chi connectivity index (χ0v) is 12.7. The second-order valence-corrected chi connectivity index (χ2v) is 5.81. The number of hydrogen-bond donors (Lipinski definition) is 1. The third-order valence-electron chi connectivity index (χ3n) is 4.33. The zero-order valence-electron chi connectivity index (χ0n) is 12.7. The SMILES string of the molecule is CCCNCC(COC)N(C)C1CCCCC1C. The van der Waals surface area contributed by atoms with Gasteiger partial charge < -0.3 is 10.1 Å². The van der Waals surface area contributed by atoms with E-state index in [-0.39, 0.29) is 0 Å². The molecule has 0 bridgehead atoms. The summed E-state index contributed by atoms with van der Waals surface area (Å²) >= 11 is 0. The first kappa shape index (κ1) is 15.9. The van der Waals surface area contributed by atoms with E-state index in [0.717, 1.165) is 31.7 Å². The molecule has 0 amide bonds. The van der Waals surface area contributed by atoms with Crippen LogP contribution in [0.3, 0.4) is 0 Å². The Morgan fingerprint density at radius 3 is 2.67 bits per heavy atom. The summed E-state index contributed by atoms with van der Waals surface area (Å²) < 4.78 is 5.40. The molecule has 0 heterocycles. The van der Waals surface area contributed by atoms with Crippen LogP contribution in [-0.2, 0) is 4.74 Å². The van der Waals surface area contributed by atoms with Crippen molar-refractivity contribution in [3.63, 3.8) is 0 Å². The third-order valence-corrected chi connectivity index (χ3v) is 4.33. The molecule has 3 nitrogen and oxygen atoms in total. The van der Waals surface area contributed by atoms with Gasteiger partial charge in [0.2, 0.25) is 0 Å². The van der Waals surface area contributed by atoms with Gasteiger partial charge >= 0.3 is 0 Å². The minimum atomic E-state index is 0.507. The first-order valence-electron chi connectivity index (χ1n) is 7.62. The number of hydrogen-bond acceptors (Lipinski definition) is 3. The third kappa shape index (κ3) is 4.87. The van der Waals surface area contributed by atoms with Crippen LogP contribution in [-0.4, -0.2) is 50.8 Å². The molecule has 1 fully saturated rings. The number of ether oxygens (including phenoxy) is 1. The lowest BCUT2D eigenvalue weighted by molar-refractivity contribution is 0.0465.